The third kappa shape index (κ3) is 1.44. The molecule has 0 aliphatic carbocycles. The molecule has 0 saturated heterocycles. The minimum absolute atomic E-state index is 0.0776. The number of aromatic nitrogens is 1. The van der Waals surface area contributed by atoms with Crippen LogP contribution in [0, 0.1) is 10.1 Å². The Labute approximate surface area is 81.1 Å². The summed E-state index contributed by atoms with van der Waals surface area (Å²) in [4.78, 5) is 14.2. The van der Waals surface area contributed by atoms with Gasteiger partial charge in [0, 0.05) is 23.7 Å². The zero-order chi connectivity index (χ0) is 10.1. The molecule has 0 N–H and O–H groups in total. The molecule has 0 amide bonds. The number of nitro groups is 1. The van der Waals surface area contributed by atoms with Gasteiger partial charge in [0.2, 0.25) is 0 Å². The Morgan fingerprint density at radius 3 is 2.86 bits per heavy atom. The second-order valence-electron chi connectivity index (χ2n) is 3.15. The first-order chi connectivity index (χ1) is 6.66. The fraction of sp³-hybridized carbons (Fsp3) is 0. The lowest BCUT2D eigenvalue weighted by molar-refractivity contribution is -0.384. The predicted octanol–water partition coefficient (Wildman–Crippen LogP) is 0.401. The minimum atomic E-state index is -0.416. The van der Waals surface area contributed by atoms with Crippen LogP contribution in [0.15, 0.2) is 30.5 Å². The Bertz CT molecular complexity index is 513. The Balaban J connectivity index is 2.67. The van der Waals surface area contributed by atoms with Gasteiger partial charge in [-0.05, 0) is 6.07 Å². The zero-order valence-electron chi connectivity index (χ0n) is 7.60. The fourth-order valence-corrected chi connectivity index (χ4v) is 1.33. The van der Waals surface area contributed by atoms with E-state index in [9.17, 15) is 10.1 Å². The summed E-state index contributed by atoms with van der Waals surface area (Å²) in [6, 6.07) is 6.64. The van der Waals surface area contributed by atoms with Gasteiger partial charge in [-0.2, -0.15) is 0 Å². The Hall–Kier alpha value is -1.91. The SMILES string of the molecule is Bc1cnc2cc([N+](=O)[O-])ccc2c1. The van der Waals surface area contributed by atoms with Gasteiger partial charge in [-0.3, -0.25) is 15.1 Å². The number of benzene rings is 1. The lowest BCUT2D eigenvalue weighted by atomic mass is 9.97. The topological polar surface area (TPSA) is 56.0 Å². The van der Waals surface area contributed by atoms with Gasteiger partial charge < -0.3 is 0 Å². The molecule has 0 radical (unpaired) electrons. The molecule has 0 aliphatic heterocycles. The van der Waals surface area contributed by atoms with Crippen LogP contribution in [0.25, 0.3) is 10.9 Å². The maximum atomic E-state index is 10.5. The molecule has 1 aromatic carbocycles. The largest absolute Gasteiger partial charge is 0.271 e. The number of nitrogens with zero attached hydrogens (tertiary/aromatic N) is 2. The summed E-state index contributed by atoms with van der Waals surface area (Å²) in [5, 5.41) is 11.4. The average molecular weight is 186 g/mol. The standard InChI is InChI=1S/C9H7BN2O2/c10-7-3-6-1-2-8(12(13)14)4-9(6)11-5-7/h1-5H,10H2. The Morgan fingerprint density at radius 2 is 2.14 bits per heavy atom. The number of non-ortho nitro benzene ring substituents is 1. The van der Waals surface area contributed by atoms with Crippen molar-refractivity contribution in [2.75, 3.05) is 0 Å². The smallest absolute Gasteiger partial charge is 0.258 e. The zero-order valence-corrected chi connectivity index (χ0v) is 7.60. The third-order valence-electron chi connectivity index (χ3n) is 2.02. The quantitative estimate of drug-likeness (QED) is 0.368. The van der Waals surface area contributed by atoms with Gasteiger partial charge in [0.25, 0.3) is 5.69 Å². The van der Waals surface area contributed by atoms with Gasteiger partial charge in [0.1, 0.15) is 7.85 Å². The number of hydrogen-bond donors (Lipinski definition) is 0. The fourth-order valence-electron chi connectivity index (χ4n) is 1.33. The van der Waals surface area contributed by atoms with Crippen molar-refractivity contribution >= 4 is 29.9 Å². The van der Waals surface area contributed by atoms with Crippen molar-refractivity contribution < 1.29 is 4.92 Å². The highest BCUT2D eigenvalue weighted by Gasteiger charge is 2.05. The van der Waals surface area contributed by atoms with E-state index in [0.717, 1.165) is 10.8 Å². The third-order valence-corrected chi connectivity index (χ3v) is 2.02. The van der Waals surface area contributed by atoms with E-state index < -0.39 is 4.92 Å². The number of hydrogen-bond acceptors (Lipinski definition) is 3. The molecule has 5 heteroatoms. The van der Waals surface area contributed by atoms with Crippen LogP contribution in [-0.4, -0.2) is 17.8 Å². The molecule has 0 atom stereocenters. The first-order valence-corrected chi connectivity index (χ1v) is 4.17. The van der Waals surface area contributed by atoms with Crippen molar-refractivity contribution in [3.63, 3.8) is 0 Å². The molecule has 0 spiro atoms. The van der Waals surface area contributed by atoms with Gasteiger partial charge in [0.15, 0.2) is 0 Å². The van der Waals surface area contributed by atoms with E-state index in [1.54, 1.807) is 12.3 Å². The number of pyridine rings is 1. The van der Waals surface area contributed by atoms with Crippen molar-refractivity contribution in [2.45, 2.75) is 0 Å². The predicted molar refractivity (Wildman–Crippen MR) is 56.6 cm³/mol. The molecule has 1 aromatic heterocycles. The highest BCUT2D eigenvalue weighted by molar-refractivity contribution is 6.32. The lowest BCUT2D eigenvalue weighted by Gasteiger charge is -1.98. The Kier molecular flexibility index (Phi) is 1.92. The Morgan fingerprint density at radius 1 is 1.36 bits per heavy atom. The molecule has 68 valence electrons. The van der Waals surface area contributed by atoms with Crippen LogP contribution in [0.5, 0.6) is 0 Å². The van der Waals surface area contributed by atoms with Gasteiger partial charge in [-0.1, -0.05) is 11.5 Å². The van der Waals surface area contributed by atoms with Crippen molar-refractivity contribution in [3.8, 4) is 0 Å². The van der Waals surface area contributed by atoms with E-state index in [0.29, 0.717) is 5.52 Å². The molecule has 0 unspecified atom stereocenters. The maximum absolute atomic E-state index is 10.5. The summed E-state index contributed by atoms with van der Waals surface area (Å²) in [5.74, 6) is 0. The van der Waals surface area contributed by atoms with Crippen molar-refractivity contribution in [1.82, 2.24) is 4.98 Å². The van der Waals surface area contributed by atoms with Crippen LogP contribution >= 0.6 is 0 Å². The van der Waals surface area contributed by atoms with Gasteiger partial charge >= 0.3 is 0 Å². The molecule has 0 saturated carbocycles. The molecule has 1 heterocycles. The second kappa shape index (κ2) is 3.10. The molecule has 0 aliphatic rings. The highest BCUT2D eigenvalue weighted by Crippen LogP contribution is 2.17. The average Bonchev–Trinajstić information content (AvgIpc) is 2.16. The minimum Gasteiger partial charge on any atom is -0.258 e. The summed E-state index contributed by atoms with van der Waals surface area (Å²) in [5.41, 5.74) is 1.78. The van der Waals surface area contributed by atoms with Crippen molar-refractivity contribution in [2.24, 2.45) is 0 Å². The molecule has 2 rings (SSSR count). The number of nitro benzene ring substituents is 1. The molecular weight excluding hydrogens is 179 g/mol. The van der Waals surface area contributed by atoms with Crippen LogP contribution in [0.2, 0.25) is 0 Å². The number of fused-ring (bicyclic) bond motifs is 1. The first kappa shape index (κ1) is 8.68. The van der Waals surface area contributed by atoms with E-state index in [1.165, 1.54) is 12.1 Å². The van der Waals surface area contributed by atoms with E-state index in [-0.39, 0.29) is 5.69 Å². The van der Waals surface area contributed by atoms with Crippen LogP contribution in [-0.2, 0) is 0 Å². The van der Waals surface area contributed by atoms with Crippen LogP contribution in [0.4, 0.5) is 5.69 Å². The van der Waals surface area contributed by atoms with Crippen molar-refractivity contribution in [1.29, 1.82) is 0 Å². The first-order valence-electron chi connectivity index (χ1n) is 4.17. The van der Waals surface area contributed by atoms with E-state index >= 15 is 0 Å². The van der Waals surface area contributed by atoms with Crippen LogP contribution < -0.4 is 5.46 Å². The summed E-state index contributed by atoms with van der Waals surface area (Å²) in [6.07, 6.45) is 1.70. The highest BCUT2D eigenvalue weighted by atomic mass is 16.6. The summed E-state index contributed by atoms with van der Waals surface area (Å²) in [6.45, 7) is 0. The van der Waals surface area contributed by atoms with Gasteiger partial charge in [-0.25, -0.2) is 0 Å². The van der Waals surface area contributed by atoms with Crippen LogP contribution in [0.1, 0.15) is 0 Å². The summed E-state index contributed by atoms with van der Waals surface area (Å²) < 4.78 is 0. The van der Waals surface area contributed by atoms with Crippen molar-refractivity contribution in [3.05, 3.63) is 40.6 Å². The summed E-state index contributed by atoms with van der Waals surface area (Å²) >= 11 is 0. The normalized spacial score (nSPS) is 10.3. The molecule has 0 fully saturated rings. The van der Waals surface area contributed by atoms with E-state index in [4.69, 9.17) is 0 Å². The maximum Gasteiger partial charge on any atom is 0.271 e. The second-order valence-corrected chi connectivity index (χ2v) is 3.15. The van der Waals surface area contributed by atoms with Gasteiger partial charge in [0.05, 0.1) is 10.4 Å². The number of rotatable bonds is 1. The molecule has 14 heavy (non-hydrogen) atoms. The molecular formula is C9H7BN2O2. The van der Waals surface area contributed by atoms with Crippen LogP contribution in [0.3, 0.4) is 0 Å². The van der Waals surface area contributed by atoms with E-state index in [1.807, 2.05) is 13.9 Å². The lowest BCUT2D eigenvalue weighted by Crippen LogP contribution is -2.02. The monoisotopic (exact) mass is 186 g/mol. The molecule has 4 nitrogen and oxygen atoms in total. The van der Waals surface area contributed by atoms with Gasteiger partial charge in [-0.15, -0.1) is 0 Å². The molecule has 2 aromatic rings. The molecule has 0 bridgehead atoms. The summed E-state index contributed by atoms with van der Waals surface area (Å²) in [7, 11) is 1.94. The van der Waals surface area contributed by atoms with E-state index in [2.05, 4.69) is 4.98 Å².